The Labute approximate surface area is 149 Å². The third-order valence-corrected chi connectivity index (χ3v) is 5.93. The van der Waals surface area contributed by atoms with Crippen LogP contribution in [-0.4, -0.2) is 24.2 Å². The number of rotatable bonds is 6. The van der Waals surface area contributed by atoms with Crippen LogP contribution in [0.2, 0.25) is 0 Å². The van der Waals surface area contributed by atoms with Crippen molar-refractivity contribution in [2.45, 2.75) is 38.1 Å². The molecule has 0 atom stereocenters. The van der Waals surface area contributed by atoms with Crippen molar-refractivity contribution in [2.24, 2.45) is 5.92 Å². The van der Waals surface area contributed by atoms with Crippen LogP contribution in [0.3, 0.4) is 0 Å². The van der Waals surface area contributed by atoms with Crippen molar-refractivity contribution in [3.05, 3.63) is 48.7 Å². The minimum absolute atomic E-state index is 0.328. The SMILES string of the molecule is CCC(CC)Cn1ccc2ccc(-c3ccc(S(C)(=O)=O)cc3)nc21. The van der Waals surface area contributed by atoms with Gasteiger partial charge in [0.25, 0.3) is 0 Å². The number of sulfone groups is 1. The molecule has 0 spiro atoms. The molecule has 0 saturated carbocycles. The summed E-state index contributed by atoms with van der Waals surface area (Å²) in [5, 5.41) is 1.13. The standard InChI is InChI=1S/C20H24N2O2S/c1-4-15(5-2)14-22-13-12-17-8-11-19(21-20(17)22)16-6-9-18(10-7-16)25(3,23)24/h6-13,15H,4-5,14H2,1-3H3. The highest BCUT2D eigenvalue weighted by Crippen LogP contribution is 2.24. The van der Waals surface area contributed by atoms with Gasteiger partial charge in [0.2, 0.25) is 0 Å². The molecule has 5 heteroatoms. The van der Waals surface area contributed by atoms with E-state index in [2.05, 4.69) is 36.7 Å². The van der Waals surface area contributed by atoms with E-state index in [1.807, 2.05) is 18.2 Å². The average Bonchev–Trinajstić information content (AvgIpc) is 3.01. The van der Waals surface area contributed by atoms with Crippen LogP contribution in [0, 0.1) is 5.92 Å². The molecule has 1 aromatic carbocycles. The van der Waals surface area contributed by atoms with Crippen LogP contribution < -0.4 is 0 Å². The van der Waals surface area contributed by atoms with Gasteiger partial charge in [-0.15, -0.1) is 0 Å². The first-order valence-corrected chi connectivity index (χ1v) is 10.6. The number of nitrogens with zero attached hydrogens (tertiary/aromatic N) is 2. The molecule has 3 rings (SSSR count). The van der Waals surface area contributed by atoms with Gasteiger partial charge in [-0.05, 0) is 36.2 Å². The molecule has 0 N–H and O–H groups in total. The Hall–Kier alpha value is -2.14. The number of pyridine rings is 1. The molecule has 3 aromatic rings. The zero-order valence-corrected chi connectivity index (χ0v) is 15.8. The fourth-order valence-electron chi connectivity index (χ4n) is 3.07. The maximum absolute atomic E-state index is 11.6. The first-order chi connectivity index (χ1) is 11.9. The molecule has 4 nitrogen and oxygen atoms in total. The van der Waals surface area contributed by atoms with Crippen LogP contribution in [0.5, 0.6) is 0 Å². The lowest BCUT2D eigenvalue weighted by molar-refractivity contribution is 0.424. The fraction of sp³-hybridized carbons (Fsp3) is 0.350. The molecule has 25 heavy (non-hydrogen) atoms. The number of fused-ring (bicyclic) bond motifs is 1. The van der Waals surface area contributed by atoms with Crippen molar-refractivity contribution in [3.8, 4) is 11.3 Å². The molecule has 0 radical (unpaired) electrons. The van der Waals surface area contributed by atoms with E-state index in [4.69, 9.17) is 4.98 Å². The van der Waals surface area contributed by atoms with E-state index in [9.17, 15) is 8.42 Å². The van der Waals surface area contributed by atoms with Gasteiger partial charge in [0.05, 0.1) is 10.6 Å². The normalized spacial score (nSPS) is 12.2. The molecule has 0 aliphatic heterocycles. The molecular weight excluding hydrogens is 332 g/mol. The lowest BCUT2D eigenvalue weighted by Crippen LogP contribution is -2.08. The molecule has 0 fully saturated rings. The van der Waals surface area contributed by atoms with Gasteiger partial charge < -0.3 is 4.57 Å². The van der Waals surface area contributed by atoms with Gasteiger partial charge in [0.15, 0.2) is 9.84 Å². The Kier molecular flexibility index (Phi) is 4.95. The lowest BCUT2D eigenvalue weighted by atomic mass is 10.0. The van der Waals surface area contributed by atoms with Gasteiger partial charge >= 0.3 is 0 Å². The van der Waals surface area contributed by atoms with Crippen LogP contribution in [0.15, 0.2) is 53.6 Å². The highest BCUT2D eigenvalue weighted by Gasteiger charge is 2.11. The zero-order valence-electron chi connectivity index (χ0n) is 14.9. The molecule has 2 heterocycles. The molecule has 0 aliphatic carbocycles. The first kappa shape index (κ1) is 17.7. The minimum atomic E-state index is -3.18. The van der Waals surface area contributed by atoms with E-state index in [0.29, 0.717) is 10.8 Å². The van der Waals surface area contributed by atoms with Crippen LogP contribution in [0.1, 0.15) is 26.7 Å². The average molecular weight is 356 g/mol. The van der Waals surface area contributed by atoms with Gasteiger partial charge in [-0.25, -0.2) is 13.4 Å². The molecule has 0 aliphatic rings. The van der Waals surface area contributed by atoms with Crippen molar-refractivity contribution in [1.29, 1.82) is 0 Å². The second-order valence-electron chi connectivity index (χ2n) is 6.56. The molecule has 0 unspecified atom stereocenters. The molecule has 0 amide bonds. The van der Waals surface area contributed by atoms with Gasteiger partial charge in [0.1, 0.15) is 5.65 Å². The molecule has 0 bridgehead atoms. The summed E-state index contributed by atoms with van der Waals surface area (Å²) in [5.41, 5.74) is 2.76. The monoisotopic (exact) mass is 356 g/mol. The van der Waals surface area contributed by atoms with E-state index < -0.39 is 9.84 Å². The van der Waals surface area contributed by atoms with Crippen molar-refractivity contribution >= 4 is 20.9 Å². The van der Waals surface area contributed by atoms with E-state index in [-0.39, 0.29) is 0 Å². The first-order valence-electron chi connectivity index (χ1n) is 8.68. The Bertz CT molecular complexity index is 969. The topological polar surface area (TPSA) is 52.0 Å². The predicted molar refractivity (Wildman–Crippen MR) is 102 cm³/mol. The molecule has 0 saturated heterocycles. The Morgan fingerprint density at radius 3 is 2.28 bits per heavy atom. The maximum Gasteiger partial charge on any atom is 0.175 e. The predicted octanol–water partition coefficient (Wildman–Crippen LogP) is 4.54. The van der Waals surface area contributed by atoms with Crippen LogP contribution in [0.25, 0.3) is 22.3 Å². The number of hydrogen-bond acceptors (Lipinski definition) is 3. The third-order valence-electron chi connectivity index (χ3n) is 4.80. The molecular formula is C20H24N2O2S. The van der Waals surface area contributed by atoms with E-state index in [1.54, 1.807) is 12.1 Å². The Balaban J connectivity index is 1.97. The summed E-state index contributed by atoms with van der Waals surface area (Å²) in [5.74, 6) is 0.648. The summed E-state index contributed by atoms with van der Waals surface area (Å²) in [7, 11) is -3.18. The van der Waals surface area contributed by atoms with Gasteiger partial charge in [-0.2, -0.15) is 0 Å². The summed E-state index contributed by atoms with van der Waals surface area (Å²) < 4.78 is 25.4. The van der Waals surface area contributed by atoms with Crippen molar-refractivity contribution in [1.82, 2.24) is 9.55 Å². The van der Waals surface area contributed by atoms with Crippen molar-refractivity contribution < 1.29 is 8.42 Å². The van der Waals surface area contributed by atoms with Gasteiger partial charge in [0, 0.05) is 29.9 Å². The number of benzene rings is 1. The highest BCUT2D eigenvalue weighted by molar-refractivity contribution is 7.90. The minimum Gasteiger partial charge on any atom is -0.332 e. The number of aromatic nitrogens is 2. The third kappa shape index (κ3) is 3.76. The van der Waals surface area contributed by atoms with Gasteiger partial charge in [-0.3, -0.25) is 0 Å². The maximum atomic E-state index is 11.6. The Morgan fingerprint density at radius 1 is 1.00 bits per heavy atom. The van der Waals surface area contributed by atoms with E-state index >= 15 is 0 Å². The highest BCUT2D eigenvalue weighted by atomic mass is 32.2. The molecule has 132 valence electrons. The summed E-state index contributed by atoms with van der Waals surface area (Å²) in [6.45, 7) is 5.42. The van der Waals surface area contributed by atoms with Crippen LogP contribution in [-0.2, 0) is 16.4 Å². The second-order valence-corrected chi connectivity index (χ2v) is 8.57. The summed E-state index contributed by atoms with van der Waals surface area (Å²) in [4.78, 5) is 5.16. The largest absolute Gasteiger partial charge is 0.332 e. The molecule has 2 aromatic heterocycles. The van der Waals surface area contributed by atoms with Crippen LogP contribution in [0.4, 0.5) is 0 Å². The quantitative estimate of drug-likeness (QED) is 0.651. The van der Waals surface area contributed by atoms with E-state index in [0.717, 1.165) is 41.7 Å². The van der Waals surface area contributed by atoms with Crippen molar-refractivity contribution in [3.63, 3.8) is 0 Å². The number of hydrogen-bond donors (Lipinski definition) is 0. The van der Waals surface area contributed by atoms with Gasteiger partial charge in [-0.1, -0.05) is 38.8 Å². The smallest absolute Gasteiger partial charge is 0.175 e. The second kappa shape index (κ2) is 7.00. The summed E-state index contributed by atoms with van der Waals surface area (Å²) >= 11 is 0. The van der Waals surface area contributed by atoms with E-state index in [1.165, 1.54) is 6.26 Å². The fourth-order valence-corrected chi connectivity index (χ4v) is 3.70. The Morgan fingerprint density at radius 2 is 1.68 bits per heavy atom. The summed E-state index contributed by atoms with van der Waals surface area (Å²) in [6.07, 6.45) is 5.63. The lowest BCUT2D eigenvalue weighted by Gasteiger charge is -2.14. The van der Waals surface area contributed by atoms with Crippen LogP contribution >= 0.6 is 0 Å². The summed E-state index contributed by atoms with van der Waals surface area (Å²) in [6, 6.07) is 13.1. The van der Waals surface area contributed by atoms with Crippen molar-refractivity contribution in [2.75, 3.05) is 6.26 Å². The zero-order chi connectivity index (χ0) is 18.0.